The highest BCUT2D eigenvalue weighted by molar-refractivity contribution is 9.10. The predicted molar refractivity (Wildman–Crippen MR) is 66.2 cm³/mol. The maximum atomic E-state index is 11.1. The monoisotopic (exact) mass is 313 g/mol. The zero-order chi connectivity index (χ0) is 12.4. The van der Waals surface area contributed by atoms with E-state index in [9.17, 15) is 4.79 Å². The molecular formula is C10H8BrN3O2S. The van der Waals surface area contributed by atoms with Crippen molar-refractivity contribution in [3.8, 4) is 0 Å². The summed E-state index contributed by atoms with van der Waals surface area (Å²) >= 11 is 4.48. The maximum absolute atomic E-state index is 11.1. The summed E-state index contributed by atoms with van der Waals surface area (Å²) < 4.78 is 2.30. The van der Waals surface area contributed by atoms with E-state index < -0.39 is 5.97 Å². The van der Waals surface area contributed by atoms with Gasteiger partial charge in [0.05, 0.1) is 16.7 Å². The molecule has 7 heteroatoms. The van der Waals surface area contributed by atoms with E-state index in [1.54, 1.807) is 30.3 Å². The van der Waals surface area contributed by atoms with Gasteiger partial charge in [0, 0.05) is 23.9 Å². The van der Waals surface area contributed by atoms with E-state index in [1.165, 1.54) is 17.8 Å². The molecule has 0 aliphatic heterocycles. The van der Waals surface area contributed by atoms with Crippen molar-refractivity contribution in [2.75, 3.05) is 0 Å². The number of aryl methyl sites for hydroxylation is 1. The topological polar surface area (TPSA) is 68.0 Å². The highest BCUT2D eigenvalue weighted by Gasteiger charge is 2.14. The summed E-state index contributed by atoms with van der Waals surface area (Å²) in [5.74, 6) is -0.995. The number of halogens is 1. The molecule has 0 spiro atoms. The van der Waals surface area contributed by atoms with Crippen molar-refractivity contribution >= 4 is 33.7 Å². The van der Waals surface area contributed by atoms with Gasteiger partial charge in [-0.05, 0) is 22.0 Å². The first kappa shape index (κ1) is 12.1. The second-order valence-corrected chi connectivity index (χ2v) is 5.24. The number of hydrogen-bond acceptors (Lipinski definition) is 4. The number of hydrogen-bond donors (Lipinski definition) is 1. The summed E-state index contributed by atoms with van der Waals surface area (Å²) in [5, 5.41) is 13.5. The molecule has 2 rings (SSSR count). The molecular weight excluding hydrogens is 306 g/mol. The van der Waals surface area contributed by atoms with Gasteiger partial charge in [0.2, 0.25) is 0 Å². The Morgan fingerprint density at radius 1 is 1.53 bits per heavy atom. The molecule has 0 amide bonds. The minimum absolute atomic E-state index is 0.174. The van der Waals surface area contributed by atoms with E-state index in [0.717, 1.165) is 4.90 Å². The molecule has 0 saturated carbocycles. The number of carbonyl (C=O) groups is 1. The van der Waals surface area contributed by atoms with Crippen LogP contribution in [0.5, 0.6) is 0 Å². The van der Waals surface area contributed by atoms with Gasteiger partial charge >= 0.3 is 5.97 Å². The standard InChI is InChI=1S/C10H8BrN3O2S/c1-14-5-7(4-13-14)17-9-8(10(15)16)2-6(11)3-12-9/h2-5H,1H3,(H,15,16). The predicted octanol–water partition coefficient (Wildman–Crippen LogP) is 2.43. The third-order valence-corrected chi connectivity index (χ3v) is 3.34. The summed E-state index contributed by atoms with van der Waals surface area (Å²) in [4.78, 5) is 16.0. The maximum Gasteiger partial charge on any atom is 0.338 e. The Kier molecular flexibility index (Phi) is 3.49. The summed E-state index contributed by atoms with van der Waals surface area (Å²) in [5.41, 5.74) is 0.174. The lowest BCUT2D eigenvalue weighted by Gasteiger charge is -2.03. The summed E-state index contributed by atoms with van der Waals surface area (Å²) in [6.07, 6.45) is 5.05. The molecule has 2 aromatic rings. The van der Waals surface area contributed by atoms with E-state index in [4.69, 9.17) is 5.11 Å². The van der Waals surface area contributed by atoms with Gasteiger partial charge < -0.3 is 5.11 Å². The van der Waals surface area contributed by atoms with Gasteiger partial charge in [-0.15, -0.1) is 0 Å². The van der Waals surface area contributed by atoms with Gasteiger partial charge in [-0.25, -0.2) is 9.78 Å². The van der Waals surface area contributed by atoms with Gasteiger partial charge in [-0.2, -0.15) is 5.10 Å². The Bertz CT molecular complexity index is 570. The molecule has 0 bridgehead atoms. The molecule has 1 N–H and O–H groups in total. The van der Waals surface area contributed by atoms with Crippen LogP contribution >= 0.6 is 27.7 Å². The molecule has 0 unspecified atom stereocenters. The minimum Gasteiger partial charge on any atom is -0.478 e. The molecule has 0 aromatic carbocycles. The summed E-state index contributed by atoms with van der Waals surface area (Å²) in [6.45, 7) is 0. The molecule has 0 radical (unpaired) electrons. The van der Waals surface area contributed by atoms with E-state index in [1.807, 2.05) is 0 Å². The van der Waals surface area contributed by atoms with Crippen LogP contribution < -0.4 is 0 Å². The highest BCUT2D eigenvalue weighted by atomic mass is 79.9. The Balaban J connectivity index is 2.35. The lowest BCUT2D eigenvalue weighted by molar-refractivity contribution is 0.0692. The normalized spacial score (nSPS) is 10.5. The van der Waals surface area contributed by atoms with Crippen molar-refractivity contribution in [1.82, 2.24) is 14.8 Å². The van der Waals surface area contributed by atoms with Gasteiger partial charge in [0.15, 0.2) is 0 Å². The van der Waals surface area contributed by atoms with Crippen molar-refractivity contribution < 1.29 is 9.90 Å². The Hall–Kier alpha value is -1.34. The van der Waals surface area contributed by atoms with Gasteiger partial charge in [0.1, 0.15) is 5.03 Å². The number of aromatic nitrogens is 3. The van der Waals surface area contributed by atoms with Crippen LogP contribution in [0.4, 0.5) is 0 Å². The number of carboxylic acid groups (broad SMARTS) is 1. The van der Waals surface area contributed by atoms with E-state index in [2.05, 4.69) is 26.0 Å². The molecule has 2 heterocycles. The van der Waals surface area contributed by atoms with Gasteiger partial charge in [-0.1, -0.05) is 11.8 Å². The third kappa shape index (κ3) is 2.86. The molecule has 0 aliphatic rings. The molecule has 0 aliphatic carbocycles. The lowest BCUT2D eigenvalue weighted by atomic mass is 10.3. The fraction of sp³-hybridized carbons (Fsp3) is 0.100. The Labute approximate surface area is 110 Å². The van der Waals surface area contributed by atoms with Crippen LogP contribution in [-0.2, 0) is 7.05 Å². The van der Waals surface area contributed by atoms with Crippen molar-refractivity contribution in [2.45, 2.75) is 9.92 Å². The van der Waals surface area contributed by atoms with Crippen LogP contribution in [0.2, 0.25) is 0 Å². The average Bonchev–Trinajstić information content (AvgIpc) is 2.66. The zero-order valence-corrected chi connectivity index (χ0v) is 11.2. The van der Waals surface area contributed by atoms with Crippen LogP contribution in [0.1, 0.15) is 10.4 Å². The number of rotatable bonds is 3. The molecule has 0 saturated heterocycles. The van der Waals surface area contributed by atoms with Gasteiger partial charge in [-0.3, -0.25) is 4.68 Å². The minimum atomic E-state index is -0.995. The molecule has 5 nitrogen and oxygen atoms in total. The largest absolute Gasteiger partial charge is 0.478 e. The molecule has 17 heavy (non-hydrogen) atoms. The summed E-state index contributed by atoms with van der Waals surface area (Å²) in [6, 6.07) is 1.54. The average molecular weight is 314 g/mol. The molecule has 0 atom stereocenters. The van der Waals surface area contributed by atoms with Gasteiger partial charge in [0.25, 0.3) is 0 Å². The molecule has 88 valence electrons. The SMILES string of the molecule is Cn1cc(Sc2ncc(Br)cc2C(=O)O)cn1. The number of nitrogens with zero attached hydrogens (tertiary/aromatic N) is 3. The zero-order valence-electron chi connectivity index (χ0n) is 8.79. The fourth-order valence-electron chi connectivity index (χ4n) is 1.22. The lowest BCUT2D eigenvalue weighted by Crippen LogP contribution is -2.00. The van der Waals surface area contributed by atoms with Crippen LogP contribution in [0.3, 0.4) is 0 Å². The van der Waals surface area contributed by atoms with Crippen molar-refractivity contribution in [2.24, 2.45) is 7.05 Å². The molecule has 2 aromatic heterocycles. The van der Waals surface area contributed by atoms with Crippen LogP contribution in [0, 0.1) is 0 Å². The second-order valence-electron chi connectivity index (χ2n) is 3.26. The van der Waals surface area contributed by atoms with Crippen LogP contribution in [0.15, 0.2) is 39.1 Å². The van der Waals surface area contributed by atoms with Crippen molar-refractivity contribution in [1.29, 1.82) is 0 Å². The highest BCUT2D eigenvalue weighted by Crippen LogP contribution is 2.29. The second kappa shape index (κ2) is 4.89. The third-order valence-electron chi connectivity index (χ3n) is 1.94. The first-order valence-corrected chi connectivity index (χ1v) is 6.22. The number of pyridine rings is 1. The van der Waals surface area contributed by atoms with E-state index in [0.29, 0.717) is 9.50 Å². The van der Waals surface area contributed by atoms with Crippen LogP contribution in [-0.4, -0.2) is 25.8 Å². The Morgan fingerprint density at radius 3 is 2.88 bits per heavy atom. The summed E-state index contributed by atoms with van der Waals surface area (Å²) in [7, 11) is 1.80. The molecule has 0 fully saturated rings. The quantitative estimate of drug-likeness (QED) is 0.942. The van der Waals surface area contributed by atoms with E-state index >= 15 is 0 Å². The van der Waals surface area contributed by atoms with Crippen molar-refractivity contribution in [3.05, 3.63) is 34.7 Å². The van der Waals surface area contributed by atoms with E-state index in [-0.39, 0.29) is 5.56 Å². The first-order valence-electron chi connectivity index (χ1n) is 4.61. The number of carboxylic acids is 1. The fourth-order valence-corrected chi connectivity index (χ4v) is 2.45. The van der Waals surface area contributed by atoms with Crippen LogP contribution in [0.25, 0.3) is 0 Å². The first-order chi connectivity index (χ1) is 8.06. The van der Waals surface area contributed by atoms with Crippen molar-refractivity contribution in [3.63, 3.8) is 0 Å². The Morgan fingerprint density at radius 2 is 2.29 bits per heavy atom. The smallest absolute Gasteiger partial charge is 0.338 e. The number of aromatic carboxylic acids is 1.